The van der Waals surface area contributed by atoms with Crippen molar-refractivity contribution in [2.75, 3.05) is 6.61 Å². The van der Waals surface area contributed by atoms with Gasteiger partial charge in [0.05, 0.1) is 23.7 Å². The zero-order chi connectivity index (χ0) is 30.3. The highest BCUT2D eigenvalue weighted by molar-refractivity contribution is 5.89. The van der Waals surface area contributed by atoms with Crippen LogP contribution in [-0.2, 0) is 9.53 Å². The highest BCUT2D eigenvalue weighted by Crippen LogP contribution is 2.77. The summed E-state index contributed by atoms with van der Waals surface area (Å²) in [6.07, 6.45) is 8.71. The lowest BCUT2D eigenvalue weighted by atomic mass is 9.32. The van der Waals surface area contributed by atoms with Crippen molar-refractivity contribution in [1.29, 1.82) is 0 Å². The lowest BCUT2D eigenvalue weighted by Gasteiger charge is -2.73. The van der Waals surface area contributed by atoms with Gasteiger partial charge >= 0.3 is 11.9 Å². The monoisotopic (exact) mass is 576 g/mol. The molecule has 0 amide bonds. The van der Waals surface area contributed by atoms with E-state index in [0.717, 1.165) is 56.9 Å². The number of allylic oxidation sites excluding steroid dienone is 1. The summed E-state index contributed by atoms with van der Waals surface area (Å²) < 4.78 is 6.36. The van der Waals surface area contributed by atoms with Crippen LogP contribution in [0.25, 0.3) is 0 Å². The zero-order valence-electron chi connectivity index (χ0n) is 26.5. The number of fused-ring (bicyclic) bond motifs is 7. The van der Waals surface area contributed by atoms with Crippen molar-refractivity contribution in [1.82, 2.24) is 0 Å². The molecule has 0 spiro atoms. The van der Waals surface area contributed by atoms with E-state index < -0.39 is 11.4 Å². The Morgan fingerprint density at radius 2 is 1.62 bits per heavy atom. The number of hydrogen-bond donors (Lipinski definition) is 2. The Labute approximate surface area is 252 Å². The van der Waals surface area contributed by atoms with Crippen molar-refractivity contribution in [3.8, 4) is 0 Å². The average Bonchev–Trinajstić information content (AvgIpc) is 3.36. The maximum Gasteiger partial charge on any atom is 0.338 e. The fraction of sp³-hybridized carbons (Fsp3) is 0.730. The van der Waals surface area contributed by atoms with E-state index in [1.54, 1.807) is 0 Å². The van der Waals surface area contributed by atoms with Crippen LogP contribution in [0.5, 0.6) is 0 Å². The molecule has 0 saturated heterocycles. The first-order valence-corrected chi connectivity index (χ1v) is 16.5. The molecule has 5 aliphatic rings. The van der Waals surface area contributed by atoms with Gasteiger partial charge in [0.2, 0.25) is 0 Å². The van der Waals surface area contributed by atoms with Gasteiger partial charge < -0.3 is 14.9 Å². The van der Waals surface area contributed by atoms with E-state index in [9.17, 15) is 19.8 Å². The third-order valence-electron chi connectivity index (χ3n) is 14.6. The highest BCUT2D eigenvalue weighted by atomic mass is 16.5. The lowest BCUT2D eigenvalue weighted by molar-refractivity contribution is -0.261. The van der Waals surface area contributed by atoms with Gasteiger partial charge in [0.15, 0.2) is 0 Å². The minimum atomic E-state index is -0.720. The van der Waals surface area contributed by atoms with Crippen LogP contribution in [0.4, 0.5) is 0 Å². The molecule has 10 atom stereocenters. The van der Waals surface area contributed by atoms with Crippen LogP contribution in [-0.4, -0.2) is 34.9 Å². The number of esters is 1. The number of aliphatic hydroxyl groups is 1. The number of carboxylic acid groups (broad SMARTS) is 1. The Hall–Kier alpha value is -2.14. The second-order valence-corrected chi connectivity index (χ2v) is 16.2. The average molecular weight is 577 g/mol. The van der Waals surface area contributed by atoms with Crippen molar-refractivity contribution in [3.63, 3.8) is 0 Å². The van der Waals surface area contributed by atoms with E-state index >= 15 is 0 Å². The summed E-state index contributed by atoms with van der Waals surface area (Å²) in [4.78, 5) is 26.6. The molecule has 0 aromatic heterocycles. The van der Waals surface area contributed by atoms with Crippen LogP contribution in [0.3, 0.4) is 0 Å². The largest absolute Gasteiger partial charge is 0.481 e. The number of carbonyl (C=O) groups is 2. The van der Waals surface area contributed by atoms with E-state index in [4.69, 9.17) is 4.74 Å². The molecule has 5 saturated carbocycles. The molecule has 5 aliphatic carbocycles. The lowest BCUT2D eigenvalue weighted by Crippen LogP contribution is -2.69. The molecule has 1 aromatic carbocycles. The highest BCUT2D eigenvalue weighted by Gasteiger charge is 2.73. The van der Waals surface area contributed by atoms with E-state index in [0.29, 0.717) is 36.8 Å². The molecule has 1 aromatic rings. The smallest absolute Gasteiger partial charge is 0.338 e. The third-order valence-corrected chi connectivity index (χ3v) is 14.6. The van der Waals surface area contributed by atoms with E-state index in [-0.39, 0.29) is 51.5 Å². The minimum absolute atomic E-state index is 0.0181. The maximum atomic E-state index is 13.4. The number of hydrogen-bond acceptors (Lipinski definition) is 4. The van der Waals surface area contributed by atoms with Crippen molar-refractivity contribution in [2.45, 2.75) is 105 Å². The summed E-state index contributed by atoms with van der Waals surface area (Å²) in [5.41, 5.74) is 0.507. The standard InChI is InChI=1S/C37H52O5/c1-23(2)25-14-19-36(32(40)41)20-21-37(22-42-31(39)24-10-8-7-9-11-24)26(30(25)36)12-13-28-34(5)17-16-29(38)33(3,4)27(34)15-18-35(28,37)6/h7-11,25-30,38H,1,12-22H2,2-6H3,(H,40,41)/t25-,26+,27-,28+,29-,30+,34-,35+,36-,37-/m0/s1. The summed E-state index contributed by atoms with van der Waals surface area (Å²) in [5.74, 6) is 0.314. The van der Waals surface area contributed by atoms with Crippen LogP contribution in [0.1, 0.15) is 109 Å². The topological polar surface area (TPSA) is 83.8 Å². The summed E-state index contributed by atoms with van der Waals surface area (Å²) >= 11 is 0. The predicted molar refractivity (Wildman–Crippen MR) is 164 cm³/mol. The Kier molecular flexibility index (Phi) is 7.08. The summed E-state index contributed by atoms with van der Waals surface area (Å²) in [7, 11) is 0. The normalized spacial score (nSPS) is 45.5. The van der Waals surface area contributed by atoms with Crippen molar-refractivity contribution >= 4 is 11.9 Å². The molecule has 6 rings (SSSR count). The van der Waals surface area contributed by atoms with Gasteiger partial charge in [0.1, 0.15) is 0 Å². The summed E-state index contributed by atoms with van der Waals surface area (Å²) in [6, 6.07) is 9.28. The molecular weight excluding hydrogens is 524 g/mol. The second-order valence-electron chi connectivity index (χ2n) is 16.2. The molecule has 5 fully saturated rings. The molecule has 230 valence electrons. The molecule has 0 unspecified atom stereocenters. The van der Waals surface area contributed by atoms with Gasteiger partial charge in [-0.15, -0.1) is 0 Å². The molecule has 0 aliphatic heterocycles. The first-order chi connectivity index (χ1) is 19.7. The fourth-order valence-electron chi connectivity index (χ4n) is 12.5. The number of rotatable bonds is 5. The Morgan fingerprint density at radius 3 is 2.29 bits per heavy atom. The second kappa shape index (κ2) is 9.94. The van der Waals surface area contributed by atoms with Crippen LogP contribution in [0, 0.1) is 56.7 Å². The van der Waals surface area contributed by atoms with E-state index in [1.807, 2.05) is 30.3 Å². The number of benzene rings is 1. The van der Waals surface area contributed by atoms with Crippen LogP contribution < -0.4 is 0 Å². The van der Waals surface area contributed by atoms with Gasteiger partial charge in [-0.2, -0.15) is 0 Å². The number of ether oxygens (including phenoxy) is 1. The zero-order valence-corrected chi connectivity index (χ0v) is 26.5. The first-order valence-electron chi connectivity index (χ1n) is 16.5. The maximum absolute atomic E-state index is 13.4. The molecule has 5 heteroatoms. The van der Waals surface area contributed by atoms with Crippen molar-refractivity contribution < 1.29 is 24.5 Å². The molecule has 0 heterocycles. The molecule has 0 bridgehead atoms. The Morgan fingerprint density at radius 1 is 0.905 bits per heavy atom. The predicted octanol–water partition coefficient (Wildman–Crippen LogP) is 7.93. The van der Waals surface area contributed by atoms with Crippen molar-refractivity contribution in [3.05, 3.63) is 48.0 Å². The van der Waals surface area contributed by atoms with Gasteiger partial charge in [-0.3, -0.25) is 4.79 Å². The SMILES string of the molecule is C=C(C)[C@@H]1CC[C@]2(C(=O)O)CC[C@]3(COC(=O)c4ccccc4)[C@H](CC[C@@H]4[C@@]5(C)CC[C@H](O)C(C)(C)[C@@H]5CC[C@]43C)[C@@H]12. The van der Waals surface area contributed by atoms with Gasteiger partial charge in [-0.05, 0) is 129 Å². The number of aliphatic hydroxyl groups excluding tert-OH is 1. The van der Waals surface area contributed by atoms with E-state index in [1.165, 1.54) is 0 Å². The van der Waals surface area contributed by atoms with Crippen LogP contribution in [0.2, 0.25) is 0 Å². The Bertz CT molecular complexity index is 1250. The van der Waals surface area contributed by atoms with Crippen molar-refractivity contribution in [2.24, 2.45) is 56.7 Å². The number of carboxylic acids is 1. The molecule has 42 heavy (non-hydrogen) atoms. The van der Waals surface area contributed by atoms with Gasteiger partial charge in [0, 0.05) is 5.41 Å². The Balaban J connectivity index is 1.45. The van der Waals surface area contributed by atoms with Gasteiger partial charge in [-0.1, -0.05) is 58.0 Å². The summed E-state index contributed by atoms with van der Waals surface area (Å²) in [5, 5.41) is 21.9. The van der Waals surface area contributed by atoms with Gasteiger partial charge in [-0.25, -0.2) is 4.79 Å². The molecule has 2 N–H and O–H groups in total. The number of carbonyl (C=O) groups excluding carboxylic acids is 1. The number of aliphatic carboxylic acids is 1. The molecular formula is C37H52O5. The molecule has 5 nitrogen and oxygen atoms in total. The van der Waals surface area contributed by atoms with E-state index in [2.05, 4.69) is 41.2 Å². The summed E-state index contributed by atoms with van der Waals surface area (Å²) in [6.45, 7) is 16.3. The quantitative estimate of drug-likeness (QED) is 0.275. The minimum Gasteiger partial charge on any atom is -0.481 e. The van der Waals surface area contributed by atoms with Crippen LogP contribution >= 0.6 is 0 Å². The first kappa shape index (κ1) is 29.9. The van der Waals surface area contributed by atoms with Crippen LogP contribution in [0.15, 0.2) is 42.5 Å². The fourth-order valence-corrected chi connectivity index (χ4v) is 12.5. The molecule has 0 radical (unpaired) electrons. The van der Waals surface area contributed by atoms with Gasteiger partial charge in [0.25, 0.3) is 0 Å². The third kappa shape index (κ3) is 3.90.